The van der Waals surface area contributed by atoms with Crippen LogP contribution in [0.3, 0.4) is 0 Å². The zero-order valence-corrected chi connectivity index (χ0v) is 10.9. The highest BCUT2D eigenvalue weighted by Gasteiger charge is 2.25. The molecule has 0 aliphatic rings. The fourth-order valence-corrected chi connectivity index (χ4v) is 1.84. The Morgan fingerprint density at radius 1 is 1.35 bits per heavy atom. The molecular weight excluding hydrogens is 262 g/mol. The van der Waals surface area contributed by atoms with Crippen LogP contribution in [-0.2, 0) is 4.79 Å². The van der Waals surface area contributed by atoms with Crippen molar-refractivity contribution < 1.29 is 24.2 Å². The van der Waals surface area contributed by atoms with E-state index in [1.807, 2.05) is 12.1 Å². The van der Waals surface area contributed by atoms with Crippen molar-refractivity contribution in [3.8, 4) is 0 Å². The lowest BCUT2D eigenvalue weighted by Crippen LogP contribution is -2.42. The normalized spacial score (nSPS) is 13.9. The summed E-state index contributed by atoms with van der Waals surface area (Å²) in [6.45, 7) is 1.18. The monoisotopic (exact) mass is 277 g/mol. The molecule has 3 N–H and O–H groups in total. The van der Waals surface area contributed by atoms with E-state index in [9.17, 15) is 14.7 Å². The van der Waals surface area contributed by atoms with Crippen LogP contribution < -0.4 is 5.32 Å². The number of carbonyl (C=O) groups excluding carboxylic acids is 1. The Labute approximate surface area is 115 Å². The maximum absolute atomic E-state index is 11.9. The number of furan rings is 1. The van der Waals surface area contributed by atoms with E-state index in [0.29, 0.717) is 5.58 Å². The third kappa shape index (κ3) is 3.36. The number of benzene rings is 1. The van der Waals surface area contributed by atoms with E-state index >= 15 is 0 Å². The van der Waals surface area contributed by atoms with Crippen molar-refractivity contribution in [3.63, 3.8) is 0 Å². The predicted molar refractivity (Wildman–Crippen MR) is 71.4 cm³/mol. The fourth-order valence-electron chi connectivity index (χ4n) is 1.84. The predicted octanol–water partition coefficient (Wildman–Crippen LogP) is 1.39. The highest BCUT2D eigenvalue weighted by molar-refractivity contribution is 5.96. The first kappa shape index (κ1) is 14.1. The molecule has 0 radical (unpaired) electrons. The summed E-state index contributed by atoms with van der Waals surface area (Å²) in [5, 5.41) is 21.7. The molecule has 1 heterocycles. The van der Waals surface area contributed by atoms with Crippen LogP contribution in [-0.4, -0.2) is 34.2 Å². The molecule has 0 aliphatic carbocycles. The lowest BCUT2D eigenvalue weighted by atomic mass is 10.0. The molecule has 20 heavy (non-hydrogen) atoms. The lowest BCUT2D eigenvalue weighted by molar-refractivity contribution is -0.141. The zero-order chi connectivity index (χ0) is 14.8. The van der Waals surface area contributed by atoms with Crippen LogP contribution in [0.1, 0.15) is 23.9 Å². The molecule has 6 nitrogen and oxygen atoms in total. The van der Waals surface area contributed by atoms with Crippen molar-refractivity contribution in [1.82, 2.24) is 5.32 Å². The van der Waals surface area contributed by atoms with Gasteiger partial charge in [-0.2, -0.15) is 0 Å². The summed E-state index contributed by atoms with van der Waals surface area (Å²) in [6.07, 6.45) is -0.451. The average molecular weight is 277 g/mol. The maximum Gasteiger partial charge on any atom is 0.306 e. The van der Waals surface area contributed by atoms with Crippen LogP contribution in [0.15, 0.2) is 34.7 Å². The Morgan fingerprint density at radius 3 is 2.70 bits per heavy atom. The molecule has 0 spiro atoms. The summed E-state index contributed by atoms with van der Waals surface area (Å²) in [7, 11) is 0. The first-order valence-corrected chi connectivity index (χ1v) is 6.08. The van der Waals surface area contributed by atoms with Gasteiger partial charge in [0.15, 0.2) is 5.76 Å². The van der Waals surface area contributed by atoms with Crippen LogP contribution in [0.2, 0.25) is 0 Å². The minimum Gasteiger partial charge on any atom is -0.481 e. The largest absolute Gasteiger partial charge is 0.481 e. The van der Waals surface area contributed by atoms with E-state index in [2.05, 4.69) is 5.32 Å². The van der Waals surface area contributed by atoms with Crippen LogP contribution >= 0.6 is 0 Å². The van der Waals surface area contributed by atoms with E-state index in [1.165, 1.54) is 6.92 Å². The minimum absolute atomic E-state index is 0.123. The highest BCUT2D eigenvalue weighted by Crippen LogP contribution is 2.18. The van der Waals surface area contributed by atoms with E-state index in [1.54, 1.807) is 18.2 Å². The first-order valence-electron chi connectivity index (χ1n) is 6.08. The number of nitrogens with one attached hydrogen (secondary N) is 1. The van der Waals surface area contributed by atoms with Crippen molar-refractivity contribution in [2.24, 2.45) is 0 Å². The number of carboxylic acid groups (broad SMARTS) is 1. The molecule has 2 aromatic rings. The number of aliphatic carboxylic acids is 1. The smallest absolute Gasteiger partial charge is 0.306 e. The molecule has 1 unspecified atom stereocenters. The SMILES string of the molecule is CC(O)(CNC(=O)c1cc2ccccc2o1)CC(=O)O. The number of para-hydroxylation sites is 1. The van der Waals surface area contributed by atoms with Gasteiger partial charge in [-0.25, -0.2) is 0 Å². The summed E-state index contributed by atoms with van der Waals surface area (Å²) >= 11 is 0. The number of hydrogen-bond donors (Lipinski definition) is 3. The second-order valence-electron chi connectivity index (χ2n) is 4.90. The van der Waals surface area contributed by atoms with Crippen molar-refractivity contribution in [2.75, 3.05) is 6.54 Å². The third-order valence-electron chi connectivity index (χ3n) is 2.81. The highest BCUT2D eigenvalue weighted by atomic mass is 16.4. The van der Waals surface area contributed by atoms with Crippen LogP contribution in [0.5, 0.6) is 0 Å². The van der Waals surface area contributed by atoms with Crippen LogP contribution in [0, 0.1) is 0 Å². The quantitative estimate of drug-likeness (QED) is 0.766. The van der Waals surface area contributed by atoms with Gasteiger partial charge in [0.25, 0.3) is 5.91 Å². The van der Waals surface area contributed by atoms with Gasteiger partial charge in [-0.3, -0.25) is 9.59 Å². The van der Waals surface area contributed by atoms with Gasteiger partial charge in [0.1, 0.15) is 5.58 Å². The Morgan fingerprint density at radius 2 is 2.05 bits per heavy atom. The molecule has 1 aromatic carbocycles. The Balaban J connectivity index is 2.03. The average Bonchev–Trinajstić information content (AvgIpc) is 2.78. The summed E-state index contributed by atoms with van der Waals surface area (Å²) in [4.78, 5) is 22.4. The van der Waals surface area contributed by atoms with Gasteiger partial charge in [-0.1, -0.05) is 18.2 Å². The Kier molecular flexibility index (Phi) is 3.76. The number of aliphatic hydroxyl groups is 1. The second-order valence-corrected chi connectivity index (χ2v) is 4.90. The molecule has 1 amide bonds. The van der Waals surface area contributed by atoms with Gasteiger partial charge in [0.05, 0.1) is 12.0 Å². The lowest BCUT2D eigenvalue weighted by Gasteiger charge is -2.20. The standard InChI is InChI=1S/C14H15NO5/c1-14(19,7-12(16)17)8-15-13(18)11-6-9-4-2-3-5-10(9)20-11/h2-6,19H,7-8H2,1H3,(H,15,18)(H,16,17). The van der Waals surface area contributed by atoms with Gasteiger partial charge in [-0.15, -0.1) is 0 Å². The third-order valence-corrected chi connectivity index (χ3v) is 2.81. The van der Waals surface area contributed by atoms with Gasteiger partial charge in [-0.05, 0) is 19.1 Å². The molecule has 106 valence electrons. The molecule has 2 rings (SSSR count). The molecule has 0 saturated heterocycles. The van der Waals surface area contributed by atoms with Gasteiger partial charge in [0, 0.05) is 11.9 Å². The van der Waals surface area contributed by atoms with E-state index in [4.69, 9.17) is 9.52 Å². The molecule has 1 atom stereocenters. The van der Waals surface area contributed by atoms with Crippen molar-refractivity contribution >= 4 is 22.8 Å². The van der Waals surface area contributed by atoms with E-state index in [-0.39, 0.29) is 12.3 Å². The number of fused-ring (bicyclic) bond motifs is 1. The summed E-state index contributed by atoms with van der Waals surface area (Å²) in [5.74, 6) is -1.50. The molecule has 0 saturated carbocycles. The molecule has 1 aromatic heterocycles. The van der Waals surface area contributed by atoms with E-state index < -0.39 is 23.9 Å². The van der Waals surface area contributed by atoms with Crippen molar-refractivity contribution in [3.05, 3.63) is 36.1 Å². The number of hydrogen-bond acceptors (Lipinski definition) is 4. The molecular formula is C14H15NO5. The summed E-state index contributed by atoms with van der Waals surface area (Å²) in [6, 6.07) is 8.78. The van der Waals surface area contributed by atoms with Crippen molar-refractivity contribution in [1.29, 1.82) is 0 Å². The number of carboxylic acids is 1. The number of carbonyl (C=O) groups is 2. The van der Waals surface area contributed by atoms with Gasteiger partial charge < -0.3 is 19.9 Å². The fraction of sp³-hybridized carbons (Fsp3) is 0.286. The molecule has 0 bridgehead atoms. The first-order chi connectivity index (χ1) is 9.37. The number of rotatable bonds is 5. The Hall–Kier alpha value is -2.34. The minimum atomic E-state index is -1.51. The second kappa shape index (κ2) is 5.34. The Bertz CT molecular complexity index is 611. The molecule has 0 fully saturated rings. The topological polar surface area (TPSA) is 99.8 Å². The zero-order valence-electron chi connectivity index (χ0n) is 10.9. The molecule has 0 aliphatic heterocycles. The summed E-state index contributed by atoms with van der Waals surface area (Å²) in [5.41, 5.74) is -0.914. The van der Waals surface area contributed by atoms with Crippen molar-refractivity contribution in [2.45, 2.75) is 18.9 Å². The van der Waals surface area contributed by atoms with E-state index in [0.717, 1.165) is 5.39 Å². The van der Waals surface area contributed by atoms with Gasteiger partial charge >= 0.3 is 5.97 Å². The number of amides is 1. The maximum atomic E-state index is 11.9. The van der Waals surface area contributed by atoms with Crippen LogP contribution in [0.25, 0.3) is 11.0 Å². The molecule has 6 heteroatoms. The van der Waals surface area contributed by atoms with Gasteiger partial charge in [0.2, 0.25) is 0 Å². The summed E-state index contributed by atoms with van der Waals surface area (Å²) < 4.78 is 5.37. The van der Waals surface area contributed by atoms with Crippen LogP contribution in [0.4, 0.5) is 0 Å².